The molecule has 1 aliphatic heterocycles. The number of aryl methyl sites for hydroxylation is 1. The first-order valence-corrected chi connectivity index (χ1v) is 14.1. The SMILES string of the molecule is CCOc1ccccc1CN1CCCN(C(C)=O)c2ccccc2CN(C(=O)c2cc(-c3ccc(C)o3)[nH]n2)CC1. The maximum atomic E-state index is 13.9. The standard InChI is InChI=1S/C32H37N5O4/c1-4-40-30-13-8-6-11-26(30)21-35-16-9-17-37(24(3)38)29-12-7-5-10-25(29)22-36(19-18-35)32(39)28-20-27(33-34-28)31-15-14-23(2)41-31/h5-8,10-15,20H,4,9,16-19,21-22H2,1-3H3,(H,33,34). The maximum Gasteiger partial charge on any atom is 0.274 e. The van der Waals surface area contributed by atoms with Gasteiger partial charge in [-0.3, -0.25) is 19.6 Å². The summed E-state index contributed by atoms with van der Waals surface area (Å²) in [7, 11) is 0. The molecule has 214 valence electrons. The number of ether oxygens (including phenoxy) is 1. The second kappa shape index (κ2) is 12.9. The Balaban J connectivity index is 1.45. The van der Waals surface area contributed by atoms with E-state index in [2.05, 4.69) is 21.2 Å². The van der Waals surface area contributed by atoms with Gasteiger partial charge in [-0.25, -0.2) is 0 Å². The zero-order chi connectivity index (χ0) is 28.8. The number of hydrogen-bond acceptors (Lipinski definition) is 6. The van der Waals surface area contributed by atoms with Gasteiger partial charge < -0.3 is 19.0 Å². The van der Waals surface area contributed by atoms with E-state index in [4.69, 9.17) is 9.15 Å². The lowest BCUT2D eigenvalue weighted by Crippen LogP contribution is -2.38. The van der Waals surface area contributed by atoms with E-state index >= 15 is 0 Å². The van der Waals surface area contributed by atoms with Gasteiger partial charge in [0.1, 0.15) is 17.2 Å². The number of anilines is 1. The number of aromatic amines is 1. The van der Waals surface area contributed by atoms with Gasteiger partial charge in [-0.1, -0.05) is 36.4 Å². The third kappa shape index (κ3) is 6.69. The Morgan fingerprint density at radius 3 is 2.59 bits per heavy atom. The average Bonchev–Trinajstić information content (AvgIpc) is 3.62. The number of para-hydroxylation sites is 2. The minimum absolute atomic E-state index is 0.0199. The van der Waals surface area contributed by atoms with E-state index in [9.17, 15) is 9.59 Å². The summed E-state index contributed by atoms with van der Waals surface area (Å²) in [6.45, 7) is 9.57. The molecule has 0 bridgehead atoms. The van der Waals surface area contributed by atoms with Crippen LogP contribution in [0.1, 0.15) is 47.6 Å². The number of rotatable bonds is 6. The number of aromatic nitrogens is 2. The number of furan rings is 1. The fraction of sp³-hybridized carbons (Fsp3) is 0.344. The highest BCUT2D eigenvalue weighted by atomic mass is 16.5. The van der Waals surface area contributed by atoms with Crippen LogP contribution in [0.25, 0.3) is 11.5 Å². The molecule has 0 spiro atoms. The van der Waals surface area contributed by atoms with Crippen molar-refractivity contribution >= 4 is 17.5 Å². The average molecular weight is 556 g/mol. The number of benzene rings is 2. The molecule has 0 radical (unpaired) electrons. The lowest BCUT2D eigenvalue weighted by atomic mass is 10.1. The second-order valence-corrected chi connectivity index (χ2v) is 10.3. The van der Waals surface area contributed by atoms with Crippen molar-refractivity contribution in [2.24, 2.45) is 0 Å². The van der Waals surface area contributed by atoms with Crippen molar-refractivity contribution < 1.29 is 18.7 Å². The number of H-pyrrole nitrogens is 1. The zero-order valence-electron chi connectivity index (χ0n) is 23.9. The van der Waals surface area contributed by atoms with E-state index in [0.29, 0.717) is 56.5 Å². The summed E-state index contributed by atoms with van der Waals surface area (Å²) in [6, 6.07) is 21.4. The first-order chi connectivity index (χ1) is 19.9. The Morgan fingerprint density at radius 1 is 1.00 bits per heavy atom. The molecule has 0 unspecified atom stereocenters. The van der Waals surface area contributed by atoms with Crippen LogP contribution in [0.3, 0.4) is 0 Å². The van der Waals surface area contributed by atoms with Crippen molar-refractivity contribution in [2.75, 3.05) is 37.7 Å². The molecule has 1 aliphatic rings. The number of amides is 2. The summed E-state index contributed by atoms with van der Waals surface area (Å²) in [5.74, 6) is 2.08. The van der Waals surface area contributed by atoms with E-state index in [0.717, 1.165) is 41.3 Å². The minimum atomic E-state index is -0.186. The fourth-order valence-corrected chi connectivity index (χ4v) is 5.27. The minimum Gasteiger partial charge on any atom is -0.494 e. The van der Waals surface area contributed by atoms with Crippen LogP contribution in [0, 0.1) is 6.92 Å². The Hall–Kier alpha value is -4.37. The van der Waals surface area contributed by atoms with Crippen LogP contribution in [0.2, 0.25) is 0 Å². The lowest BCUT2D eigenvalue weighted by molar-refractivity contribution is -0.116. The summed E-state index contributed by atoms with van der Waals surface area (Å²) >= 11 is 0. The van der Waals surface area contributed by atoms with Crippen molar-refractivity contribution in [2.45, 2.75) is 40.3 Å². The Morgan fingerprint density at radius 2 is 1.80 bits per heavy atom. The number of fused-ring (bicyclic) bond motifs is 1. The predicted octanol–water partition coefficient (Wildman–Crippen LogP) is 5.28. The number of carbonyl (C=O) groups excluding carboxylic acids is 2. The van der Waals surface area contributed by atoms with Crippen LogP contribution in [-0.2, 0) is 17.9 Å². The highest BCUT2D eigenvalue weighted by Crippen LogP contribution is 2.26. The Kier molecular flexibility index (Phi) is 8.84. The van der Waals surface area contributed by atoms with Gasteiger partial charge in [-0.15, -0.1) is 0 Å². The van der Waals surface area contributed by atoms with Crippen LogP contribution in [-0.4, -0.2) is 64.6 Å². The molecule has 2 amide bonds. The van der Waals surface area contributed by atoms with Gasteiger partial charge in [0.05, 0.1) is 6.61 Å². The summed E-state index contributed by atoms with van der Waals surface area (Å²) < 4.78 is 11.6. The van der Waals surface area contributed by atoms with Gasteiger partial charge in [-0.2, -0.15) is 5.10 Å². The van der Waals surface area contributed by atoms with Crippen molar-refractivity contribution in [3.63, 3.8) is 0 Å². The molecule has 5 rings (SSSR count). The van der Waals surface area contributed by atoms with Crippen molar-refractivity contribution in [3.05, 3.63) is 89.3 Å². The van der Waals surface area contributed by atoms with Crippen molar-refractivity contribution in [1.29, 1.82) is 0 Å². The van der Waals surface area contributed by atoms with Crippen LogP contribution >= 0.6 is 0 Å². The number of nitrogens with one attached hydrogen (secondary N) is 1. The largest absolute Gasteiger partial charge is 0.494 e. The Labute approximate surface area is 240 Å². The van der Waals surface area contributed by atoms with Gasteiger partial charge in [0.2, 0.25) is 5.91 Å². The van der Waals surface area contributed by atoms with E-state index in [1.165, 1.54) is 0 Å². The smallest absolute Gasteiger partial charge is 0.274 e. The van der Waals surface area contributed by atoms with Gasteiger partial charge in [-0.05, 0) is 50.1 Å². The molecule has 0 atom stereocenters. The lowest BCUT2D eigenvalue weighted by Gasteiger charge is -2.28. The van der Waals surface area contributed by atoms with Gasteiger partial charge >= 0.3 is 0 Å². The number of nitrogens with zero attached hydrogens (tertiary/aromatic N) is 4. The van der Waals surface area contributed by atoms with E-state index in [1.807, 2.05) is 78.2 Å². The normalized spacial score (nSPS) is 14.8. The fourth-order valence-electron chi connectivity index (χ4n) is 5.27. The van der Waals surface area contributed by atoms with Crippen LogP contribution in [0.5, 0.6) is 5.75 Å². The first kappa shape index (κ1) is 28.2. The molecule has 9 nitrogen and oxygen atoms in total. The molecular weight excluding hydrogens is 518 g/mol. The first-order valence-electron chi connectivity index (χ1n) is 14.1. The van der Waals surface area contributed by atoms with Crippen LogP contribution in [0.4, 0.5) is 5.69 Å². The third-order valence-electron chi connectivity index (χ3n) is 7.32. The predicted molar refractivity (Wildman–Crippen MR) is 158 cm³/mol. The van der Waals surface area contributed by atoms with Gasteiger partial charge in [0.25, 0.3) is 5.91 Å². The van der Waals surface area contributed by atoms with Crippen molar-refractivity contribution in [1.82, 2.24) is 20.0 Å². The molecule has 9 heteroatoms. The zero-order valence-corrected chi connectivity index (χ0v) is 23.9. The van der Waals surface area contributed by atoms with Crippen LogP contribution < -0.4 is 9.64 Å². The molecule has 3 heterocycles. The summed E-state index contributed by atoms with van der Waals surface area (Å²) in [5.41, 5.74) is 3.82. The van der Waals surface area contributed by atoms with E-state index < -0.39 is 0 Å². The number of hydrogen-bond donors (Lipinski definition) is 1. The molecule has 0 fully saturated rings. The molecule has 1 N–H and O–H groups in total. The quantitative estimate of drug-likeness (QED) is 0.348. The molecular formula is C32H37N5O4. The van der Waals surface area contributed by atoms with E-state index in [1.54, 1.807) is 13.0 Å². The molecule has 0 saturated heterocycles. The molecule has 0 saturated carbocycles. The molecule has 4 aromatic rings. The third-order valence-corrected chi connectivity index (χ3v) is 7.32. The van der Waals surface area contributed by atoms with Gasteiger partial charge in [0, 0.05) is 63.5 Å². The molecule has 0 aliphatic carbocycles. The van der Waals surface area contributed by atoms with E-state index in [-0.39, 0.29) is 11.8 Å². The summed E-state index contributed by atoms with van der Waals surface area (Å²) in [5, 5.41) is 7.29. The summed E-state index contributed by atoms with van der Waals surface area (Å²) in [6.07, 6.45) is 0.796. The molecule has 2 aromatic heterocycles. The highest BCUT2D eigenvalue weighted by Gasteiger charge is 2.25. The molecule has 41 heavy (non-hydrogen) atoms. The molecule has 2 aromatic carbocycles. The maximum absolute atomic E-state index is 13.9. The summed E-state index contributed by atoms with van der Waals surface area (Å²) in [4.78, 5) is 32.7. The highest BCUT2D eigenvalue weighted by molar-refractivity contribution is 5.94. The van der Waals surface area contributed by atoms with Crippen molar-refractivity contribution in [3.8, 4) is 17.2 Å². The topological polar surface area (TPSA) is 94.9 Å². The van der Waals surface area contributed by atoms with Crippen LogP contribution in [0.15, 0.2) is 71.1 Å². The van der Waals surface area contributed by atoms with Gasteiger partial charge in [0.15, 0.2) is 11.5 Å². The monoisotopic (exact) mass is 555 g/mol. The Bertz CT molecular complexity index is 1490. The second-order valence-electron chi connectivity index (χ2n) is 10.3. The number of carbonyl (C=O) groups is 2.